The molecule has 2 aromatic carbocycles. The number of hydrogen-bond donors (Lipinski definition) is 2. The minimum Gasteiger partial charge on any atom is -0.481 e. The monoisotopic (exact) mass is 432 g/mol. The Morgan fingerprint density at radius 2 is 1.93 bits per heavy atom. The molecule has 2 N–H and O–H groups in total. The Kier molecular flexibility index (Phi) is 5.88. The Balaban J connectivity index is 2.20. The molecule has 150 valence electrons. The Hall–Kier alpha value is -2.55. The van der Waals surface area contributed by atoms with Gasteiger partial charge in [-0.05, 0) is 49.2 Å². The van der Waals surface area contributed by atoms with E-state index in [-0.39, 0.29) is 10.6 Å². The minimum atomic E-state index is -1.37. The second kappa shape index (κ2) is 8.06. The lowest BCUT2D eigenvalue weighted by Crippen LogP contribution is -2.54. The predicted molar refractivity (Wildman–Crippen MR) is 110 cm³/mol. The third-order valence-electron chi connectivity index (χ3n) is 5.65. The molecule has 0 bridgehead atoms. The van der Waals surface area contributed by atoms with E-state index in [2.05, 4.69) is 11.4 Å². The average molecular weight is 433 g/mol. The van der Waals surface area contributed by atoms with Crippen molar-refractivity contribution in [1.29, 1.82) is 5.26 Å². The van der Waals surface area contributed by atoms with Crippen LogP contribution < -0.4 is 5.32 Å². The second-order valence-corrected chi connectivity index (χ2v) is 8.20. The molecule has 4 nitrogen and oxygen atoms in total. The first-order valence-electron chi connectivity index (χ1n) is 9.01. The van der Waals surface area contributed by atoms with Gasteiger partial charge in [0.25, 0.3) is 0 Å². The molecule has 0 aromatic heterocycles. The molecule has 7 heteroatoms. The molecule has 0 fully saturated rings. The average Bonchev–Trinajstić information content (AvgIpc) is 2.66. The molecule has 0 spiro atoms. The first-order chi connectivity index (χ1) is 13.7. The Morgan fingerprint density at radius 1 is 1.28 bits per heavy atom. The topological polar surface area (TPSA) is 73.1 Å². The smallest absolute Gasteiger partial charge is 0.312 e. The molecule has 0 radical (unpaired) electrons. The number of allylic oxidation sites excluding steroid dienone is 2. The molecule has 3 unspecified atom stereocenters. The number of rotatable bonds is 4. The number of nitrogens with zero attached hydrogens (tertiary/aromatic N) is 1. The molecule has 1 aliphatic rings. The highest BCUT2D eigenvalue weighted by molar-refractivity contribution is 6.31. The van der Waals surface area contributed by atoms with Crippen LogP contribution in [0.5, 0.6) is 0 Å². The number of carbonyl (C=O) groups is 1. The zero-order chi connectivity index (χ0) is 21.3. The number of carboxylic acid groups (broad SMARTS) is 1. The Bertz CT molecular complexity index is 1030. The SMILES string of the molecule is CC1NC(Cc2ccc(Cl)cc2)=C(C#N)C(c2ccc(F)cc2Cl)C1(C)C(=O)O. The van der Waals surface area contributed by atoms with Crippen molar-refractivity contribution in [2.45, 2.75) is 32.2 Å². The lowest BCUT2D eigenvalue weighted by Gasteiger charge is -2.45. The molecule has 0 aliphatic carbocycles. The van der Waals surface area contributed by atoms with E-state index >= 15 is 0 Å². The van der Waals surface area contributed by atoms with Crippen molar-refractivity contribution in [3.63, 3.8) is 0 Å². The standard InChI is InChI=1S/C22H19Cl2FN2O2/c1-12-22(2,21(28)29)20(16-8-7-15(25)10-18(16)24)17(11-26)19(27-12)9-13-3-5-14(23)6-4-13/h3-8,10,12,20,27H,9H2,1-2H3,(H,28,29). The van der Waals surface area contributed by atoms with E-state index in [0.29, 0.717) is 22.7 Å². The van der Waals surface area contributed by atoms with Crippen LogP contribution in [0, 0.1) is 22.6 Å². The lowest BCUT2D eigenvalue weighted by atomic mass is 9.63. The maximum absolute atomic E-state index is 13.6. The second-order valence-electron chi connectivity index (χ2n) is 7.36. The van der Waals surface area contributed by atoms with Gasteiger partial charge in [-0.25, -0.2) is 4.39 Å². The van der Waals surface area contributed by atoms with Gasteiger partial charge in [0.2, 0.25) is 0 Å². The van der Waals surface area contributed by atoms with Crippen LogP contribution in [0.3, 0.4) is 0 Å². The quantitative estimate of drug-likeness (QED) is 0.685. The fourth-order valence-corrected chi connectivity index (χ4v) is 4.22. The van der Waals surface area contributed by atoms with E-state index in [1.807, 2.05) is 12.1 Å². The van der Waals surface area contributed by atoms with Crippen LogP contribution in [0.1, 0.15) is 30.9 Å². The van der Waals surface area contributed by atoms with Crippen LogP contribution in [-0.2, 0) is 11.2 Å². The van der Waals surface area contributed by atoms with Crippen LogP contribution in [0.4, 0.5) is 4.39 Å². The number of aliphatic carboxylic acids is 1. The largest absolute Gasteiger partial charge is 0.481 e. The molecular formula is C22H19Cl2FN2O2. The maximum atomic E-state index is 13.6. The van der Waals surface area contributed by atoms with Gasteiger partial charge in [0.1, 0.15) is 5.82 Å². The van der Waals surface area contributed by atoms with Gasteiger partial charge >= 0.3 is 5.97 Å². The third kappa shape index (κ3) is 3.83. The highest BCUT2D eigenvalue weighted by atomic mass is 35.5. The molecule has 2 aromatic rings. The number of nitrogens with one attached hydrogen (secondary N) is 1. The predicted octanol–water partition coefficient (Wildman–Crippen LogP) is 5.32. The van der Waals surface area contributed by atoms with Crippen LogP contribution >= 0.6 is 23.2 Å². The van der Waals surface area contributed by atoms with E-state index in [9.17, 15) is 19.6 Å². The minimum absolute atomic E-state index is 0.0927. The maximum Gasteiger partial charge on any atom is 0.312 e. The highest BCUT2D eigenvalue weighted by Crippen LogP contribution is 2.49. The summed E-state index contributed by atoms with van der Waals surface area (Å²) >= 11 is 12.2. The summed E-state index contributed by atoms with van der Waals surface area (Å²) in [6.07, 6.45) is 0.398. The van der Waals surface area contributed by atoms with E-state index in [1.165, 1.54) is 12.1 Å². The molecule has 3 rings (SSSR count). The van der Waals surface area contributed by atoms with Crippen LogP contribution in [-0.4, -0.2) is 17.1 Å². The van der Waals surface area contributed by atoms with E-state index in [0.717, 1.165) is 11.6 Å². The third-order valence-corrected chi connectivity index (χ3v) is 6.23. The number of carboxylic acids is 1. The van der Waals surface area contributed by atoms with E-state index in [1.54, 1.807) is 26.0 Å². The summed E-state index contributed by atoms with van der Waals surface area (Å²) in [6, 6.07) is 12.7. The van der Waals surface area contributed by atoms with E-state index in [4.69, 9.17) is 23.2 Å². The fourth-order valence-electron chi connectivity index (χ4n) is 3.82. The summed E-state index contributed by atoms with van der Waals surface area (Å²) in [5.74, 6) is -2.43. The van der Waals surface area contributed by atoms with Gasteiger partial charge in [0.05, 0.1) is 17.1 Å². The van der Waals surface area contributed by atoms with Crippen LogP contribution in [0.25, 0.3) is 0 Å². The van der Waals surface area contributed by atoms with Crippen molar-refractivity contribution >= 4 is 29.2 Å². The zero-order valence-corrected chi connectivity index (χ0v) is 17.4. The van der Waals surface area contributed by atoms with Crippen molar-refractivity contribution in [1.82, 2.24) is 5.32 Å². The summed E-state index contributed by atoms with van der Waals surface area (Å²) in [6.45, 7) is 3.34. The fraction of sp³-hybridized carbons (Fsp3) is 0.273. The summed E-state index contributed by atoms with van der Waals surface area (Å²) in [5.41, 5.74) is 0.856. The summed E-state index contributed by atoms with van der Waals surface area (Å²) in [7, 11) is 0. The van der Waals surface area contributed by atoms with Crippen molar-refractivity contribution in [2.24, 2.45) is 5.41 Å². The highest BCUT2D eigenvalue weighted by Gasteiger charge is 2.52. The van der Waals surface area contributed by atoms with Crippen molar-refractivity contribution < 1.29 is 14.3 Å². The van der Waals surface area contributed by atoms with Gasteiger partial charge in [0, 0.05) is 34.1 Å². The molecule has 1 heterocycles. The van der Waals surface area contributed by atoms with Gasteiger partial charge in [-0.15, -0.1) is 0 Å². The van der Waals surface area contributed by atoms with E-state index < -0.39 is 29.2 Å². The molecular weight excluding hydrogens is 414 g/mol. The van der Waals surface area contributed by atoms with Crippen molar-refractivity contribution in [2.75, 3.05) is 0 Å². The molecule has 3 atom stereocenters. The molecule has 0 saturated carbocycles. The summed E-state index contributed by atoms with van der Waals surface area (Å²) in [5, 5.41) is 23.9. The van der Waals surface area contributed by atoms with Gasteiger partial charge in [-0.2, -0.15) is 5.26 Å². The molecule has 29 heavy (non-hydrogen) atoms. The number of benzene rings is 2. The first kappa shape index (κ1) is 21.2. The zero-order valence-electron chi connectivity index (χ0n) is 15.8. The number of hydrogen-bond acceptors (Lipinski definition) is 3. The van der Waals surface area contributed by atoms with Crippen LogP contribution in [0.15, 0.2) is 53.7 Å². The lowest BCUT2D eigenvalue weighted by molar-refractivity contribution is -0.150. The number of halogens is 3. The summed E-state index contributed by atoms with van der Waals surface area (Å²) in [4.78, 5) is 12.3. The number of nitriles is 1. The molecule has 1 aliphatic heterocycles. The Labute approximate surface area is 178 Å². The Morgan fingerprint density at radius 3 is 2.48 bits per heavy atom. The van der Waals surface area contributed by atoms with Gasteiger partial charge < -0.3 is 10.4 Å². The molecule has 0 saturated heterocycles. The first-order valence-corrected chi connectivity index (χ1v) is 9.76. The van der Waals surface area contributed by atoms with Crippen LogP contribution in [0.2, 0.25) is 10.0 Å². The van der Waals surface area contributed by atoms with Gasteiger partial charge in [-0.1, -0.05) is 41.4 Å². The van der Waals surface area contributed by atoms with Gasteiger partial charge in [-0.3, -0.25) is 4.79 Å². The molecule has 0 amide bonds. The summed E-state index contributed by atoms with van der Waals surface area (Å²) < 4.78 is 13.6. The van der Waals surface area contributed by atoms with Crippen molar-refractivity contribution in [3.05, 3.63) is 80.7 Å². The van der Waals surface area contributed by atoms with Crippen molar-refractivity contribution in [3.8, 4) is 6.07 Å². The normalized spacial score (nSPS) is 24.0. The van der Waals surface area contributed by atoms with Gasteiger partial charge in [0.15, 0.2) is 0 Å².